The maximum absolute atomic E-state index is 4.33. The molecule has 0 spiro atoms. The number of rotatable bonds is 1. The fraction of sp³-hybridized carbons (Fsp3) is 1.00. The van der Waals surface area contributed by atoms with Crippen molar-refractivity contribution >= 4 is 0 Å². The Kier molecular flexibility index (Phi) is 2.34. The molecule has 47 valence electrons. The number of hydrogen-bond donors (Lipinski definition) is 0. The molecule has 1 heterocycles. The first-order valence-electron chi connectivity index (χ1n) is 3.56. The van der Waals surface area contributed by atoms with Gasteiger partial charge in [0.05, 0.1) is 0 Å². The lowest BCUT2D eigenvalue weighted by Crippen LogP contribution is -2.23. The van der Waals surface area contributed by atoms with Gasteiger partial charge < -0.3 is 0 Å². The Morgan fingerprint density at radius 1 is 1.62 bits per heavy atom. The first-order chi connectivity index (χ1) is 3.93. The lowest BCUT2D eigenvalue weighted by Gasteiger charge is -2.18. The Balaban J connectivity index is 2.13. The van der Waals surface area contributed by atoms with Gasteiger partial charge in [0.2, 0.25) is 0 Å². The molecule has 1 heteroatoms. The highest BCUT2D eigenvalue weighted by Crippen LogP contribution is 2.13. The molecule has 0 aliphatic carbocycles. The van der Waals surface area contributed by atoms with Crippen molar-refractivity contribution in [2.24, 2.45) is 5.92 Å². The van der Waals surface area contributed by atoms with Crippen LogP contribution in [0, 0.1) is 5.92 Å². The fourth-order valence-electron chi connectivity index (χ4n) is 1.19. The van der Waals surface area contributed by atoms with E-state index >= 15 is 0 Å². The van der Waals surface area contributed by atoms with E-state index in [4.69, 9.17) is 0 Å². The van der Waals surface area contributed by atoms with Crippen LogP contribution in [0.1, 0.15) is 26.2 Å². The van der Waals surface area contributed by atoms with E-state index in [0.717, 1.165) is 19.0 Å². The molecule has 0 amide bonds. The molecule has 1 fully saturated rings. The van der Waals surface area contributed by atoms with Crippen LogP contribution in [0.5, 0.6) is 0 Å². The summed E-state index contributed by atoms with van der Waals surface area (Å²) in [5, 5.41) is 4.33. The molecule has 0 aromatic rings. The van der Waals surface area contributed by atoms with Crippen molar-refractivity contribution in [2.75, 3.05) is 13.1 Å². The summed E-state index contributed by atoms with van der Waals surface area (Å²) in [6.07, 6.45) is 4.07. The standard InChI is InChI=1S/C7H14N/c1-2-7-4-3-5-8-6-7/h7H,2-6H2,1H3. The summed E-state index contributed by atoms with van der Waals surface area (Å²) in [6.45, 7) is 4.51. The molecule has 0 aromatic carbocycles. The third-order valence-corrected chi connectivity index (χ3v) is 1.89. The molecule has 1 atom stereocenters. The van der Waals surface area contributed by atoms with E-state index in [-0.39, 0.29) is 0 Å². The number of hydrogen-bond acceptors (Lipinski definition) is 0. The highest BCUT2D eigenvalue weighted by molar-refractivity contribution is 4.66. The van der Waals surface area contributed by atoms with E-state index in [1.807, 2.05) is 0 Å². The van der Waals surface area contributed by atoms with Crippen LogP contribution in [-0.2, 0) is 0 Å². The molecule has 1 aliphatic rings. The minimum Gasteiger partial charge on any atom is -0.242 e. The second-order valence-corrected chi connectivity index (χ2v) is 2.55. The summed E-state index contributed by atoms with van der Waals surface area (Å²) in [5.74, 6) is 0.920. The van der Waals surface area contributed by atoms with E-state index in [9.17, 15) is 0 Å². The van der Waals surface area contributed by atoms with Gasteiger partial charge in [-0.15, -0.1) is 0 Å². The van der Waals surface area contributed by atoms with Crippen molar-refractivity contribution in [3.8, 4) is 0 Å². The van der Waals surface area contributed by atoms with Gasteiger partial charge in [-0.3, -0.25) is 0 Å². The average Bonchev–Trinajstić information content (AvgIpc) is 1.90. The molecule has 0 aromatic heterocycles. The smallest absolute Gasteiger partial charge is 0.0161 e. The van der Waals surface area contributed by atoms with Gasteiger partial charge in [0, 0.05) is 13.1 Å². The summed E-state index contributed by atoms with van der Waals surface area (Å²) in [5.41, 5.74) is 0. The van der Waals surface area contributed by atoms with Crippen LogP contribution in [0.4, 0.5) is 0 Å². The predicted octanol–water partition coefficient (Wildman–Crippen LogP) is 1.41. The van der Waals surface area contributed by atoms with Crippen molar-refractivity contribution in [3.63, 3.8) is 0 Å². The maximum atomic E-state index is 4.33. The minimum atomic E-state index is 0.920. The van der Waals surface area contributed by atoms with Gasteiger partial charge in [0.1, 0.15) is 0 Å². The molecular formula is C7H14N. The van der Waals surface area contributed by atoms with Crippen molar-refractivity contribution in [3.05, 3.63) is 0 Å². The van der Waals surface area contributed by atoms with Gasteiger partial charge in [-0.2, -0.15) is 0 Å². The van der Waals surface area contributed by atoms with Gasteiger partial charge >= 0.3 is 0 Å². The highest BCUT2D eigenvalue weighted by atomic mass is 14.9. The largest absolute Gasteiger partial charge is 0.242 e. The second kappa shape index (κ2) is 3.08. The Morgan fingerprint density at radius 3 is 2.88 bits per heavy atom. The van der Waals surface area contributed by atoms with Gasteiger partial charge in [0.25, 0.3) is 0 Å². The monoisotopic (exact) mass is 112 g/mol. The Hall–Kier alpha value is -0.0400. The van der Waals surface area contributed by atoms with Gasteiger partial charge in [0.15, 0.2) is 0 Å². The Morgan fingerprint density at radius 2 is 2.50 bits per heavy atom. The lowest BCUT2D eigenvalue weighted by molar-refractivity contribution is 0.363. The third-order valence-electron chi connectivity index (χ3n) is 1.89. The van der Waals surface area contributed by atoms with Gasteiger partial charge in [-0.1, -0.05) is 13.3 Å². The van der Waals surface area contributed by atoms with Gasteiger partial charge in [-0.25, -0.2) is 5.32 Å². The fourth-order valence-corrected chi connectivity index (χ4v) is 1.19. The van der Waals surface area contributed by atoms with E-state index in [1.54, 1.807) is 0 Å². The molecule has 1 nitrogen and oxygen atoms in total. The molecule has 8 heavy (non-hydrogen) atoms. The van der Waals surface area contributed by atoms with E-state index < -0.39 is 0 Å². The number of nitrogens with zero attached hydrogens (tertiary/aromatic N) is 1. The second-order valence-electron chi connectivity index (χ2n) is 2.55. The third kappa shape index (κ3) is 1.48. The van der Waals surface area contributed by atoms with E-state index in [0.29, 0.717) is 0 Å². The van der Waals surface area contributed by atoms with Crippen LogP contribution in [0.2, 0.25) is 0 Å². The van der Waals surface area contributed by atoms with Crippen LogP contribution in [-0.4, -0.2) is 13.1 Å². The molecule has 1 rings (SSSR count). The van der Waals surface area contributed by atoms with Crippen LogP contribution in [0.25, 0.3) is 0 Å². The summed E-state index contributed by atoms with van der Waals surface area (Å²) < 4.78 is 0. The van der Waals surface area contributed by atoms with Crippen molar-refractivity contribution in [2.45, 2.75) is 26.2 Å². The summed E-state index contributed by atoms with van der Waals surface area (Å²) >= 11 is 0. The SMILES string of the molecule is CCC1CCC[N]C1. The van der Waals surface area contributed by atoms with Crippen LogP contribution < -0.4 is 5.32 Å². The zero-order chi connectivity index (χ0) is 5.82. The molecule has 0 N–H and O–H groups in total. The Labute approximate surface area is 51.5 Å². The first kappa shape index (κ1) is 6.09. The minimum absolute atomic E-state index is 0.920. The first-order valence-corrected chi connectivity index (χ1v) is 3.56. The molecule has 1 radical (unpaired) electrons. The highest BCUT2D eigenvalue weighted by Gasteiger charge is 2.09. The molecular weight excluding hydrogens is 98.1 g/mol. The number of piperidine rings is 1. The van der Waals surface area contributed by atoms with E-state index in [2.05, 4.69) is 12.2 Å². The summed E-state index contributed by atoms with van der Waals surface area (Å²) in [4.78, 5) is 0. The summed E-state index contributed by atoms with van der Waals surface area (Å²) in [7, 11) is 0. The molecule has 1 aliphatic heterocycles. The van der Waals surface area contributed by atoms with Crippen LogP contribution in [0.3, 0.4) is 0 Å². The van der Waals surface area contributed by atoms with Crippen LogP contribution in [0.15, 0.2) is 0 Å². The van der Waals surface area contributed by atoms with Crippen molar-refractivity contribution < 1.29 is 0 Å². The Bertz CT molecular complexity index is 55.4. The topological polar surface area (TPSA) is 14.1 Å². The molecule has 0 saturated carbocycles. The molecule has 1 unspecified atom stereocenters. The predicted molar refractivity (Wildman–Crippen MR) is 34.9 cm³/mol. The summed E-state index contributed by atoms with van der Waals surface area (Å²) in [6, 6.07) is 0. The van der Waals surface area contributed by atoms with Crippen molar-refractivity contribution in [1.29, 1.82) is 0 Å². The van der Waals surface area contributed by atoms with Crippen LogP contribution >= 0.6 is 0 Å². The molecule has 0 bridgehead atoms. The normalized spacial score (nSPS) is 30.4. The lowest BCUT2D eigenvalue weighted by atomic mass is 9.97. The van der Waals surface area contributed by atoms with Crippen molar-refractivity contribution in [1.82, 2.24) is 5.32 Å². The zero-order valence-corrected chi connectivity index (χ0v) is 5.56. The van der Waals surface area contributed by atoms with Gasteiger partial charge in [-0.05, 0) is 18.8 Å². The quantitative estimate of drug-likeness (QED) is 0.487. The van der Waals surface area contributed by atoms with E-state index in [1.165, 1.54) is 19.3 Å². The molecule has 1 saturated heterocycles. The zero-order valence-electron chi connectivity index (χ0n) is 5.56. The maximum Gasteiger partial charge on any atom is 0.0161 e. The average molecular weight is 112 g/mol.